The van der Waals surface area contributed by atoms with E-state index in [1.165, 1.54) is 0 Å². The van der Waals surface area contributed by atoms with Crippen molar-refractivity contribution in [3.63, 3.8) is 0 Å². The predicted octanol–water partition coefficient (Wildman–Crippen LogP) is -0.0476. The molecule has 0 bridgehead atoms. The van der Waals surface area contributed by atoms with E-state index in [1.54, 1.807) is 0 Å². The van der Waals surface area contributed by atoms with E-state index in [0.29, 0.717) is 0 Å². The van der Waals surface area contributed by atoms with E-state index in [-0.39, 0.29) is 18.9 Å². The van der Waals surface area contributed by atoms with Crippen LogP contribution in [0.5, 0.6) is 0 Å². The van der Waals surface area contributed by atoms with Crippen molar-refractivity contribution in [3.05, 3.63) is 0 Å². The molecule has 0 heterocycles. The van der Waals surface area contributed by atoms with Crippen molar-refractivity contribution >= 4 is 21.7 Å². The van der Waals surface area contributed by atoms with Gasteiger partial charge in [0.15, 0.2) is 0 Å². The fraction of sp³-hybridized carbons (Fsp3) is 1.00. The van der Waals surface area contributed by atoms with Gasteiger partial charge in [0.2, 0.25) is 0 Å². The first-order chi connectivity index (χ1) is 4.95. The SMILES string of the molecule is CS(=O)(=O)OCC[C@H](O)CCl. The number of rotatable bonds is 5. The highest BCUT2D eigenvalue weighted by Crippen LogP contribution is 1.96. The molecule has 0 aromatic rings. The number of aliphatic hydroxyl groups excluding tert-OH is 1. The maximum Gasteiger partial charge on any atom is 0.264 e. The van der Waals surface area contributed by atoms with Gasteiger partial charge in [-0.2, -0.15) is 8.42 Å². The largest absolute Gasteiger partial charge is 0.392 e. The Morgan fingerprint density at radius 2 is 2.18 bits per heavy atom. The van der Waals surface area contributed by atoms with E-state index in [2.05, 4.69) is 4.18 Å². The summed E-state index contributed by atoms with van der Waals surface area (Å²) in [6, 6.07) is 0. The molecule has 0 amide bonds. The molecule has 11 heavy (non-hydrogen) atoms. The van der Waals surface area contributed by atoms with Crippen LogP contribution >= 0.6 is 11.6 Å². The average Bonchev–Trinajstić information content (AvgIpc) is 1.85. The van der Waals surface area contributed by atoms with Crippen molar-refractivity contribution in [1.82, 2.24) is 0 Å². The van der Waals surface area contributed by atoms with Crippen LogP contribution in [0.4, 0.5) is 0 Å². The van der Waals surface area contributed by atoms with Gasteiger partial charge in [0.05, 0.1) is 19.0 Å². The topological polar surface area (TPSA) is 63.6 Å². The molecule has 0 aromatic carbocycles. The third-order valence-corrected chi connectivity index (χ3v) is 1.88. The highest BCUT2D eigenvalue weighted by Gasteiger charge is 2.05. The molecule has 0 saturated carbocycles. The third-order valence-electron chi connectivity index (χ3n) is 0.927. The summed E-state index contributed by atoms with van der Waals surface area (Å²) in [5.74, 6) is 0.0904. The second-order valence-corrected chi connectivity index (χ2v) is 4.08. The lowest BCUT2D eigenvalue weighted by Crippen LogP contribution is -2.13. The van der Waals surface area contributed by atoms with Crippen LogP contribution in [0, 0.1) is 0 Å². The lowest BCUT2D eigenvalue weighted by atomic mass is 10.3. The predicted molar refractivity (Wildman–Crippen MR) is 42.1 cm³/mol. The quantitative estimate of drug-likeness (QED) is 0.502. The van der Waals surface area contributed by atoms with E-state index in [1.807, 2.05) is 0 Å². The van der Waals surface area contributed by atoms with Crippen molar-refractivity contribution in [2.45, 2.75) is 12.5 Å². The Morgan fingerprint density at radius 3 is 2.55 bits per heavy atom. The second-order valence-electron chi connectivity index (χ2n) is 2.12. The molecule has 1 atom stereocenters. The first-order valence-corrected chi connectivity index (χ1v) is 5.39. The zero-order valence-corrected chi connectivity index (χ0v) is 7.73. The molecule has 0 aliphatic heterocycles. The fourth-order valence-corrected chi connectivity index (χ4v) is 0.966. The standard InChI is InChI=1S/C5H11ClO4S/c1-11(8,9)10-3-2-5(7)4-6/h5,7H,2-4H2,1H3/t5-/m0/s1. The highest BCUT2D eigenvalue weighted by molar-refractivity contribution is 7.85. The Balaban J connectivity index is 3.43. The molecular formula is C5H11ClO4S. The van der Waals surface area contributed by atoms with Gasteiger partial charge < -0.3 is 5.11 Å². The van der Waals surface area contributed by atoms with E-state index >= 15 is 0 Å². The van der Waals surface area contributed by atoms with Gasteiger partial charge in [-0.3, -0.25) is 4.18 Å². The molecule has 0 spiro atoms. The maximum absolute atomic E-state index is 10.4. The summed E-state index contributed by atoms with van der Waals surface area (Å²) in [5, 5.41) is 8.85. The summed E-state index contributed by atoms with van der Waals surface area (Å²) < 4.78 is 25.1. The molecule has 0 aromatic heterocycles. The van der Waals surface area contributed by atoms with Crippen LogP contribution in [0.2, 0.25) is 0 Å². The highest BCUT2D eigenvalue weighted by atomic mass is 35.5. The summed E-state index contributed by atoms with van der Waals surface area (Å²) >= 11 is 5.25. The molecule has 6 heteroatoms. The number of aliphatic hydroxyl groups is 1. The van der Waals surface area contributed by atoms with Crippen LogP contribution in [-0.2, 0) is 14.3 Å². The summed E-state index contributed by atoms with van der Waals surface area (Å²) in [6.45, 7) is -0.0211. The van der Waals surface area contributed by atoms with Crippen molar-refractivity contribution in [2.24, 2.45) is 0 Å². The van der Waals surface area contributed by atoms with Gasteiger partial charge in [0.1, 0.15) is 0 Å². The second kappa shape index (κ2) is 4.92. The molecule has 0 fully saturated rings. The van der Waals surface area contributed by atoms with Crippen molar-refractivity contribution in [1.29, 1.82) is 0 Å². The van der Waals surface area contributed by atoms with E-state index in [0.717, 1.165) is 6.26 Å². The average molecular weight is 203 g/mol. The molecule has 4 nitrogen and oxygen atoms in total. The zero-order valence-electron chi connectivity index (χ0n) is 6.16. The van der Waals surface area contributed by atoms with Crippen LogP contribution in [0.25, 0.3) is 0 Å². The van der Waals surface area contributed by atoms with Crippen LogP contribution in [-0.4, -0.2) is 38.4 Å². The Bertz CT molecular complexity index is 189. The summed E-state index contributed by atoms with van der Waals surface area (Å²) in [6.07, 6.45) is 0.495. The van der Waals surface area contributed by atoms with Gasteiger partial charge in [-0.05, 0) is 6.42 Å². The van der Waals surface area contributed by atoms with Crippen LogP contribution in [0.15, 0.2) is 0 Å². The molecular weight excluding hydrogens is 192 g/mol. The van der Waals surface area contributed by atoms with Gasteiger partial charge >= 0.3 is 0 Å². The smallest absolute Gasteiger partial charge is 0.264 e. The maximum atomic E-state index is 10.4. The molecule has 0 unspecified atom stereocenters. The molecule has 0 radical (unpaired) electrons. The lowest BCUT2D eigenvalue weighted by molar-refractivity contribution is 0.161. The normalized spacial score (nSPS) is 14.8. The lowest BCUT2D eigenvalue weighted by Gasteiger charge is -2.04. The first-order valence-electron chi connectivity index (χ1n) is 3.04. The van der Waals surface area contributed by atoms with E-state index in [4.69, 9.17) is 16.7 Å². The minimum Gasteiger partial charge on any atom is -0.392 e. The number of halogens is 1. The number of hydrogen-bond acceptors (Lipinski definition) is 4. The minimum atomic E-state index is -3.38. The van der Waals surface area contributed by atoms with Gasteiger partial charge in [0, 0.05) is 5.88 Å². The van der Waals surface area contributed by atoms with Gasteiger partial charge in [-0.25, -0.2) is 0 Å². The zero-order chi connectivity index (χ0) is 8.91. The third kappa shape index (κ3) is 8.06. The Kier molecular flexibility index (Phi) is 4.99. The van der Waals surface area contributed by atoms with E-state index in [9.17, 15) is 8.42 Å². The Hall–Kier alpha value is 0.160. The molecule has 0 aliphatic rings. The summed E-state index contributed by atoms with van der Waals surface area (Å²) in [4.78, 5) is 0. The first kappa shape index (κ1) is 11.2. The minimum absolute atomic E-state index is 0.0211. The molecule has 0 aliphatic carbocycles. The van der Waals surface area contributed by atoms with Crippen LogP contribution < -0.4 is 0 Å². The number of hydrogen-bond donors (Lipinski definition) is 1. The van der Waals surface area contributed by atoms with Crippen molar-refractivity contribution in [3.8, 4) is 0 Å². The van der Waals surface area contributed by atoms with Gasteiger partial charge in [0.25, 0.3) is 10.1 Å². The molecule has 0 saturated heterocycles. The van der Waals surface area contributed by atoms with Crippen LogP contribution in [0.1, 0.15) is 6.42 Å². The fourth-order valence-electron chi connectivity index (χ4n) is 0.413. The molecule has 1 N–H and O–H groups in total. The van der Waals surface area contributed by atoms with Crippen LogP contribution in [0.3, 0.4) is 0 Å². The van der Waals surface area contributed by atoms with E-state index < -0.39 is 16.2 Å². The molecule has 0 rings (SSSR count). The van der Waals surface area contributed by atoms with Gasteiger partial charge in [-0.1, -0.05) is 0 Å². The number of alkyl halides is 1. The van der Waals surface area contributed by atoms with Crippen molar-refractivity contribution in [2.75, 3.05) is 18.7 Å². The summed E-state index contributed by atoms with van der Waals surface area (Å²) in [7, 11) is -3.38. The summed E-state index contributed by atoms with van der Waals surface area (Å²) in [5.41, 5.74) is 0. The van der Waals surface area contributed by atoms with Crippen molar-refractivity contribution < 1.29 is 17.7 Å². The Morgan fingerprint density at radius 1 is 1.64 bits per heavy atom. The molecule has 68 valence electrons. The Labute approximate surface area is 71.2 Å². The van der Waals surface area contributed by atoms with Gasteiger partial charge in [-0.15, -0.1) is 11.6 Å². The monoisotopic (exact) mass is 202 g/mol.